The average Bonchev–Trinajstić information content (AvgIpc) is 2.27. The maximum atomic E-state index is 10.7. The predicted molar refractivity (Wildman–Crippen MR) is 72.9 cm³/mol. The molecule has 2 atom stereocenters. The van der Waals surface area contributed by atoms with Crippen LogP contribution in [0, 0.1) is 0 Å². The smallest absolute Gasteiger partial charge is 0.185 e. The van der Waals surface area contributed by atoms with Gasteiger partial charge in [0.25, 0.3) is 0 Å². The van der Waals surface area contributed by atoms with Crippen molar-refractivity contribution < 1.29 is 15.0 Å². The molecule has 0 heterocycles. The second-order valence-electron chi connectivity index (χ2n) is 3.70. The van der Waals surface area contributed by atoms with E-state index in [1.165, 1.54) is 6.92 Å². The van der Waals surface area contributed by atoms with Gasteiger partial charge in [0.2, 0.25) is 0 Å². The van der Waals surface area contributed by atoms with Crippen LogP contribution in [0.3, 0.4) is 0 Å². The largest absolute Gasteiger partial charge is 0.390 e. The zero-order valence-corrected chi connectivity index (χ0v) is 11.9. The molecular weight excluding hydrogens is 304 g/mol. The van der Waals surface area contributed by atoms with Crippen molar-refractivity contribution in [1.82, 2.24) is 0 Å². The number of halogens is 1. The summed E-state index contributed by atoms with van der Waals surface area (Å²) in [5, 5.41) is 19.7. The molecule has 0 aromatic heterocycles. The Labute approximate surface area is 113 Å². The first-order valence-corrected chi connectivity index (χ1v) is 7.03. The molecule has 94 valence electrons. The van der Waals surface area contributed by atoms with Crippen LogP contribution in [0.4, 0.5) is 0 Å². The zero-order chi connectivity index (χ0) is 12.8. The molecule has 0 amide bonds. The highest BCUT2D eigenvalue weighted by Crippen LogP contribution is 2.23. The van der Waals surface area contributed by atoms with E-state index in [9.17, 15) is 15.0 Å². The fraction of sp³-hybridized carbons (Fsp3) is 0.417. The SMILES string of the molecule is CC(=O)SCCC(O)C(O)c1cccc(Br)c1. The molecule has 0 radical (unpaired) electrons. The molecule has 0 saturated carbocycles. The third-order valence-electron chi connectivity index (χ3n) is 2.27. The van der Waals surface area contributed by atoms with Crippen molar-refractivity contribution in [2.24, 2.45) is 0 Å². The van der Waals surface area contributed by atoms with Crippen LogP contribution in [0.5, 0.6) is 0 Å². The number of hydrogen-bond donors (Lipinski definition) is 2. The third kappa shape index (κ3) is 5.21. The molecule has 3 nitrogen and oxygen atoms in total. The quantitative estimate of drug-likeness (QED) is 0.875. The first kappa shape index (κ1) is 14.7. The molecular formula is C12H15BrO3S. The van der Waals surface area contributed by atoms with E-state index in [4.69, 9.17) is 0 Å². The molecule has 0 aliphatic heterocycles. The third-order valence-corrected chi connectivity index (χ3v) is 3.61. The minimum Gasteiger partial charge on any atom is -0.390 e. The van der Waals surface area contributed by atoms with E-state index in [0.717, 1.165) is 16.2 Å². The lowest BCUT2D eigenvalue weighted by atomic mass is 10.0. The van der Waals surface area contributed by atoms with E-state index >= 15 is 0 Å². The summed E-state index contributed by atoms with van der Waals surface area (Å²) in [6.07, 6.45) is -1.38. The molecule has 1 rings (SSSR count). The molecule has 0 aliphatic rings. The van der Waals surface area contributed by atoms with Crippen LogP contribution in [-0.2, 0) is 4.79 Å². The van der Waals surface area contributed by atoms with Crippen molar-refractivity contribution in [2.75, 3.05) is 5.75 Å². The monoisotopic (exact) mass is 318 g/mol. The van der Waals surface area contributed by atoms with E-state index in [1.54, 1.807) is 18.2 Å². The summed E-state index contributed by atoms with van der Waals surface area (Å²) < 4.78 is 0.861. The maximum Gasteiger partial charge on any atom is 0.185 e. The molecule has 17 heavy (non-hydrogen) atoms. The Morgan fingerprint density at radius 2 is 2.18 bits per heavy atom. The minimum atomic E-state index is -0.917. The predicted octanol–water partition coefficient (Wildman–Crippen LogP) is 2.51. The number of hydrogen-bond acceptors (Lipinski definition) is 4. The molecule has 5 heteroatoms. The highest BCUT2D eigenvalue weighted by atomic mass is 79.9. The Balaban J connectivity index is 2.51. The number of thioether (sulfide) groups is 1. The Morgan fingerprint density at radius 1 is 1.47 bits per heavy atom. The Hall–Kier alpha value is -0.360. The summed E-state index contributed by atoms with van der Waals surface area (Å²) in [5.41, 5.74) is 0.666. The van der Waals surface area contributed by atoms with Crippen LogP contribution >= 0.6 is 27.7 Å². The Bertz CT molecular complexity index is 384. The van der Waals surface area contributed by atoms with Gasteiger partial charge in [-0.25, -0.2) is 0 Å². The molecule has 1 aromatic rings. The normalized spacial score (nSPS) is 14.4. The van der Waals surface area contributed by atoms with Gasteiger partial charge >= 0.3 is 0 Å². The van der Waals surface area contributed by atoms with Crippen LogP contribution in [0.25, 0.3) is 0 Å². The molecule has 0 bridgehead atoms. The van der Waals surface area contributed by atoms with E-state index in [0.29, 0.717) is 17.7 Å². The molecule has 0 spiro atoms. The second kappa shape index (κ2) is 7.16. The van der Waals surface area contributed by atoms with Crippen LogP contribution in [0.15, 0.2) is 28.7 Å². The van der Waals surface area contributed by atoms with Gasteiger partial charge in [0.1, 0.15) is 6.10 Å². The van der Waals surface area contributed by atoms with Gasteiger partial charge in [-0.2, -0.15) is 0 Å². The van der Waals surface area contributed by atoms with E-state index in [-0.39, 0.29) is 5.12 Å². The molecule has 0 saturated heterocycles. The van der Waals surface area contributed by atoms with Crippen molar-refractivity contribution in [3.8, 4) is 0 Å². The summed E-state index contributed by atoms with van der Waals surface area (Å²) in [6.45, 7) is 1.49. The lowest BCUT2D eigenvalue weighted by Gasteiger charge is -2.17. The summed E-state index contributed by atoms with van der Waals surface area (Å²) >= 11 is 4.47. The van der Waals surface area contributed by atoms with Crippen molar-refractivity contribution in [2.45, 2.75) is 25.6 Å². The van der Waals surface area contributed by atoms with Crippen molar-refractivity contribution in [3.63, 3.8) is 0 Å². The number of carbonyl (C=O) groups is 1. The van der Waals surface area contributed by atoms with Gasteiger partial charge in [-0.15, -0.1) is 0 Å². The number of aliphatic hydroxyl groups excluding tert-OH is 2. The van der Waals surface area contributed by atoms with Gasteiger partial charge in [0.05, 0.1) is 6.10 Å². The van der Waals surface area contributed by atoms with Crippen LogP contribution in [0.1, 0.15) is 25.0 Å². The lowest BCUT2D eigenvalue weighted by Crippen LogP contribution is -2.19. The lowest BCUT2D eigenvalue weighted by molar-refractivity contribution is -0.109. The Morgan fingerprint density at radius 3 is 2.76 bits per heavy atom. The summed E-state index contributed by atoms with van der Waals surface area (Å²) in [7, 11) is 0. The van der Waals surface area contributed by atoms with Crippen molar-refractivity contribution in [3.05, 3.63) is 34.3 Å². The van der Waals surface area contributed by atoms with Crippen LogP contribution < -0.4 is 0 Å². The molecule has 0 aliphatic carbocycles. The van der Waals surface area contributed by atoms with E-state index in [1.807, 2.05) is 6.07 Å². The topological polar surface area (TPSA) is 57.5 Å². The standard InChI is InChI=1S/C12H15BrO3S/c1-8(14)17-6-5-11(15)12(16)9-3-2-4-10(13)7-9/h2-4,7,11-12,15-16H,5-6H2,1H3. The summed E-state index contributed by atoms with van der Waals surface area (Å²) in [4.78, 5) is 10.7. The zero-order valence-electron chi connectivity index (χ0n) is 9.47. The van der Waals surface area contributed by atoms with Crippen molar-refractivity contribution in [1.29, 1.82) is 0 Å². The van der Waals surface area contributed by atoms with Gasteiger partial charge in [0.15, 0.2) is 5.12 Å². The number of aliphatic hydroxyl groups is 2. The van der Waals surface area contributed by atoms with Gasteiger partial charge in [0, 0.05) is 17.1 Å². The summed E-state index contributed by atoms with van der Waals surface area (Å²) in [6, 6.07) is 7.19. The Kier molecular flexibility index (Phi) is 6.19. The van der Waals surface area contributed by atoms with Gasteiger partial charge < -0.3 is 10.2 Å². The molecule has 2 N–H and O–H groups in total. The van der Waals surface area contributed by atoms with Gasteiger partial charge in [-0.1, -0.05) is 39.8 Å². The van der Waals surface area contributed by atoms with Gasteiger partial charge in [-0.05, 0) is 24.1 Å². The first-order valence-electron chi connectivity index (χ1n) is 5.25. The maximum absolute atomic E-state index is 10.7. The average molecular weight is 319 g/mol. The highest BCUT2D eigenvalue weighted by Gasteiger charge is 2.18. The number of carbonyl (C=O) groups excluding carboxylic acids is 1. The molecule has 2 unspecified atom stereocenters. The molecule has 0 fully saturated rings. The number of rotatable bonds is 5. The van der Waals surface area contributed by atoms with Crippen LogP contribution in [0.2, 0.25) is 0 Å². The fourth-order valence-corrected chi connectivity index (χ4v) is 2.46. The van der Waals surface area contributed by atoms with E-state index < -0.39 is 12.2 Å². The van der Waals surface area contributed by atoms with Gasteiger partial charge in [-0.3, -0.25) is 4.79 Å². The second-order valence-corrected chi connectivity index (χ2v) is 5.88. The minimum absolute atomic E-state index is 0.0224. The number of benzene rings is 1. The van der Waals surface area contributed by atoms with Crippen molar-refractivity contribution >= 4 is 32.8 Å². The fourth-order valence-electron chi connectivity index (χ4n) is 1.39. The summed E-state index contributed by atoms with van der Waals surface area (Å²) in [5.74, 6) is 0.515. The van der Waals surface area contributed by atoms with E-state index in [2.05, 4.69) is 15.9 Å². The molecule has 1 aromatic carbocycles. The van der Waals surface area contributed by atoms with Crippen LogP contribution in [-0.4, -0.2) is 27.2 Å². The highest BCUT2D eigenvalue weighted by molar-refractivity contribution is 9.10. The first-order chi connectivity index (χ1) is 8.00.